The SMILES string of the molecule is CCCCOCCC1=CCN=C(N)S1. The van der Waals surface area contributed by atoms with Gasteiger partial charge in [-0.3, -0.25) is 4.99 Å². The normalized spacial score (nSPS) is 16.4. The van der Waals surface area contributed by atoms with Gasteiger partial charge in [0.1, 0.15) is 0 Å². The van der Waals surface area contributed by atoms with Gasteiger partial charge in [0.2, 0.25) is 0 Å². The molecule has 0 aromatic rings. The van der Waals surface area contributed by atoms with E-state index in [0.717, 1.165) is 32.6 Å². The van der Waals surface area contributed by atoms with Gasteiger partial charge >= 0.3 is 0 Å². The van der Waals surface area contributed by atoms with Gasteiger partial charge in [-0.05, 0) is 11.3 Å². The molecule has 3 nitrogen and oxygen atoms in total. The van der Waals surface area contributed by atoms with Crippen LogP contribution in [0.5, 0.6) is 0 Å². The fraction of sp³-hybridized carbons (Fsp3) is 0.700. The lowest BCUT2D eigenvalue weighted by molar-refractivity contribution is 0.135. The Morgan fingerprint density at radius 2 is 2.43 bits per heavy atom. The van der Waals surface area contributed by atoms with E-state index in [1.807, 2.05) is 0 Å². The molecule has 0 aromatic carbocycles. The van der Waals surface area contributed by atoms with Crippen molar-refractivity contribution in [1.29, 1.82) is 0 Å². The van der Waals surface area contributed by atoms with E-state index in [4.69, 9.17) is 10.5 Å². The summed E-state index contributed by atoms with van der Waals surface area (Å²) in [7, 11) is 0. The minimum Gasteiger partial charge on any atom is -0.381 e. The van der Waals surface area contributed by atoms with Crippen LogP contribution in [-0.2, 0) is 4.74 Å². The highest BCUT2D eigenvalue weighted by atomic mass is 32.2. The molecule has 0 saturated heterocycles. The number of hydrogen-bond donors (Lipinski definition) is 1. The van der Waals surface area contributed by atoms with E-state index in [1.54, 1.807) is 11.8 Å². The fourth-order valence-electron chi connectivity index (χ4n) is 1.12. The summed E-state index contributed by atoms with van der Waals surface area (Å²) in [5.74, 6) is 0. The van der Waals surface area contributed by atoms with Crippen molar-refractivity contribution in [2.45, 2.75) is 26.2 Å². The first-order chi connectivity index (χ1) is 6.83. The number of hydrogen-bond acceptors (Lipinski definition) is 4. The van der Waals surface area contributed by atoms with Crippen molar-refractivity contribution in [2.75, 3.05) is 19.8 Å². The molecule has 0 unspecified atom stereocenters. The Balaban J connectivity index is 2.04. The van der Waals surface area contributed by atoms with Crippen LogP contribution in [0.1, 0.15) is 26.2 Å². The molecule has 80 valence electrons. The Morgan fingerprint density at radius 1 is 1.57 bits per heavy atom. The molecule has 1 rings (SSSR count). The van der Waals surface area contributed by atoms with Crippen molar-refractivity contribution in [2.24, 2.45) is 10.7 Å². The highest BCUT2D eigenvalue weighted by molar-refractivity contribution is 8.17. The second-order valence-corrected chi connectivity index (χ2v) is 4.31. The summed E-state index contributed by atoms with van der Waals surface area (Å²) in [5.41, 5.74) is 5.61. The number of amidine groups is 1. The molecular weight excluding hydrogens is 196 g/mol. The van der Waals surface area contributed by atoms with Crippen LogP contribution in [0.15, 0.2) is 16.0 Å². The second kappa shape index (κ2) is 6.90. The quantitative estimate of drug-likeness (QED) is 0.689. The Bertz CT molecular complexity index is 226. The van der Waals surface area contributed by atoms with E-state index in [2.05, 4.69) is 18.0 Å². The predicted octanol–water partition coefficient (Wildman–Crippen LogP) is 2.14. The molecule has 0 aliphatic carbocycles. The molecule has 0 saturated carbocycles. The van der Waals surface area contributed by atoms with Crippen molar-refractivity contribution in [3.63, 3.8) is 0 Å². The zero-order valence-corrected chi connectivity index (χ0v) is 9.48. The van der Waals surface area contributed by atoms with Crippen LogP contribution in [0.2, 0.25) is 0 Å². The largest absolute Gasteiger partial charge is 0.381 e. The number of aliphatic imine (C=N–C) groups is 1. The first-order valence-corrected chi connectivity index (χ1v) is 5.89. The molecule has 0 amide bonds. The standard InChI is InChI=1S/C10H18N2OS/c1-2-3-7-13-8-5-9-4-6-12-10(11)14-9/h4H,2-3,5-8H2,1H3,(H2,11,12). The zero-order valence-electron chi connectivity index (χ0n) is 8.66. The average molecular weight is 214 g/mol. The Labute approximate surface area is 89.8 Å². The van der Waals surface area contributed by atoms with E-state index < -0.39 is 0 Å². The number of nitrogens with zero attached hydrogens (tertiary/aromatic N) is 1. The van der Waals surface area contributed by atoms with E-state index in [9.17, 15) is 0 Å². The lowest BCUT2D eigenvalue weighted by atomic mass is 10.3. The summed E-state index contributed by atoms with van der Waals surface area (Å²) in [6, 6.07) is 0. The monoisotopic (exact) mass is 214 g/mol. The van der Waals surface area contributed by atoms with Crippen LogP contribution in [-0.4, -0.2) is 24.9 Å². The molecule has 2 N–H and O–H groups in total. The Kier molecular flexibility index (Phi) is 5.71. The van der Waals surface area contributed by atoms with E-state index in [0.29, 0.717) is 5.17 Å². The Morgan fingerprint density at radius 3 is 3.14 bits per heavy atom. The first-order valence-electron chi connectivity index (χ1n) is 5.07. The van der Waals surface area contributed by atoms with Gasteiger partial charge in [0.05, 0.1) is 13.2 Å². The van der Waals surface area contributed by atoms with Gasteiger partial charge in [-0.15, -0.1) is 0 Å². The van der Waals surface area contributed by atoms with Gasteiger partial charge in [-0.2, -0.15) is 0 Å². The predicted molar refractivity (Wildman–Crippen MR) is 62.5 cm³/mol. The van der Waals surface area contributed by atoms with Crippen LogP contribution in [0, 0.1) is 0 Å². The van der Waals surface area contributed by atoms with Gasteiger partial charge in [0, 0.05) is 13.0 Å². The van der Waals surface area contributed by atoms with E-state index in [-0.39, 0.29) is 0 Å². The van der Waals surface area contributed by atoms with Crippen molar-refractivity contribution >= 4 is 16.9 Å². The summed E-state index contributed by atoms with van der Waals surface area (Å²) >= 11 is 1.56. The smallest absolute Gasteiger partial charge is 0.158 e. The molecule has 1 aliphatic rings. The third kappa shape index (κ3) is 4.67. The highest BCUT2D eigenvalue weighted by Crippen LogP contribution is 2.22. The third-order valence-electron chi connectivity index (χ3n) is 1.94. The lowest BCUT2D eigenvalue weighted by Gasteiger charge is -2.10. The molecule has 4 heteroatoms. The van der Waals surface area contributed by atoms with Crippen LogP contribution in [0.25, 0.3) is 0 Å². The van der Waals surface area contributed by atoms with Crippen LogP contribution >= 0.6 is 11.8 Å². The molecule has 0 aromatic heterocycles. The van der Waals surface area contributed by atoms with Gasteiger partial charge in [-0.25, -0.2) is 0 Å². The summed E-state index contributed by atoms with van der Waals surface area (Å²) in [5, 5.41) is 0.677. The Hall–Kier alpha value is -0.480. The average Bonchev–Trinajstić information content (AvgIpc) is 2.18. The topological polar surface area (TPSA) is 47.6 Å². The third-order valence-corrected chi connectivity index (χ3v) is 2.91. The minimum atomic E-state index is 0.677. The maximum atomic E-state index is 5.61. The van der Waals surface area contributed by atoms with Gasteiger partial charge in [0.15, 0.2) is 5.17 Å². The summed E-state index contributed by atoms with van der Waals surface area (Å²) < 4.78 is 5.48. The number of unbranched alkanes of at least 4 members (excludes halogenated alkanes) is 1. The molecule has 14 heavy (non-hydrogen) atoms. The maximum Gasteiger partial charge on any atom is 0.158 e. The molecule has 0 fully saturated rings. The van der Waals surface area contributed by atoms with Crippen molar-refractivity contribution in [1.82, 2.24) is 0 Å². The molecule has 0 bridgehead atoms. The van der Waals surface area contributed by atoms with E-state index >= 15 is 0 Å². The summed E-state index contributed by atoms with van der Waals surface area (Å²) in [6.07, 6.45) is 5.42. The molecular formula is C10H18N2OS. The highest BCUT2D eigenvalue weighted by Gasteiger charge is 2.05. The molecule has 1 heterocycles. The molecule has 0 radical (unpaired) electrons. The van der Waals surface area contributed by atoms with Gasteiger partial charge < -0.3 is 10.5 Å². The summed E-state index contributed by atoms with van der Waals surface area (Å²) in [6.45, 7) is 4.56. The van der Waals surface area contributed by atoms with E-state index in [1.165, 1.54) is 11.3 Å². The van der Waals surface area contributed by atoms with Crippen LogP contribution in [0.4, 0.5) is 0 Å². The lowest BCUT2D eigenvalue weighted by Crippen LogP contribution is -2.11. The summed E-state index contributed by atoms with van der Waals surface area (Å²) in [4.78, 5) is 5.36. The second-order valence-electron chi connectivity index (χ2n) is 3.17. The molecule has 1 aliphatic heterocycles. The number of ether oxygens (including phenoxy) is 1. The zero-order chi connectivity index (χ0) is 10.2. The van der Waals surface area contributed by atoms with Crippen LogP contribution in [0.3, 0.4) is 0 Å². The van der Waals surface area contributed by atoms with Crippen LogP contribution < -0.4 is 5.73 Å². The number of thioether (sulfide) groups is 1. The van der Waals surface area contributed by atoms with Crippen molar-refractivity contribution in [3.05, 3.63) is 11.0 Å². The first kappa shape index (κ1) is 11.6. The number of rotatable bonds is 6. The van der Waals surface area contributed by atoms with Crippen molar-refractivity contribution < 1.29 is 4.74 Å². The molecule has 0 spiro atoms. The maximum absolute atomic E-state index is 5.61. The number of nitrogens with two attached hydrogens (primary N) is 1. The van der Waals surface area contributed by atoms with Gasteiger partial charge in [-0.1, -0.05) is 31.2 Å². The molecule has 0 atom stereocenters. The minimum absolute atomic E-state index is 0.677. The van der Waals surface area contributed by atoms with Gasteiger partial charge in [0.25, 0.3) is 0 Å². The van der Waals surface area contributed by atoms with Crippen molar-refractivity contribution in [3.8, 4) is 0 Å². The fourth-order valence-corrected chi connectivity index (χ4v) is 1.87.